The van der Waals surface area contributed by atoms with Gasteiger partial charge in [0.2, 0.25) is 5.75 Å². The minimum absolute atomic E-state index is 0.388. The molecule has 0 spiro atoms. The normalized spacial score (nSPS) is 16.2. The summed E-state index contributed by atoms with van der Waals surface area (Å²) in [4.78, 5) is 0. The highest BCUT2D eigenvalue weighted by atomic mass is 16.5. The maximum Gasteiger partial charge on any atom is 0.203 e. The predicted octanol–water partition coefficient (Wildman–Crippen LogP) is 2.16. The summed E-state index contributed by atoms with van der Waals surface area (Å²) in [5.41, 5.74) is 7.06. The molecule has 1 aliphatic carbocycles. The summed E-state index contributed by atoms with van der Waals surface area (Å²) in [6.07, 6.45) is 2.52. The van der Waals surface area contributed by atoms with E-state index in [2.05, 4.69) is 0 Å². The van der Waals surface area contributed by atoms with Crippen molar-refractivity contribution in [3.05, 3.63) is 17.7 Å². The molecule has 1 fully saturated rings. The summed E-state index contributed by atoms with van der Waals surface area (Å²) < 4.78 is 16.1. The van der Waals surface area contributed by atoms with Gasteiger partial charge in [0.05, 0.1) is 21.3 Å². The molecule has 0 heterocycles. The number of methoxy groups -OCH3 is 3. The zero-order chi connectivity index (χ0) is 13.1. The lowest BCUT2D eigenvalue weighted by atomic mass is 9.93. The molecule has 2 N–H and O–H groups in total. The van der Waals surface area contributed by atoms with Gasteiger partial charge in [-0.15, -0.1) is 0 Å². The van der Waals surface area contributed by atoms with E-state index in [4.69, 9.17) is 19.9 Å². The van der Waals surface area contributed by atoms with E-state index in [-0.39, 0.29) is 0 Å². The Morgan fingerprint density at radius 3 is 2.00 bits per heavy atom. The number of hydrogen-bond donors (Lipinski definition) is 1. The summed E-state index contributed by atoms with van der Waals surface area (Å²) in [6, 6.07) is 4.02. The Kier molecular flexibility index (Phi) is 3.97. The van der Waals surface area contributed by atoms with Crippen molar-refractivity contribution in [1.82, 2.24) is 0 Å². The van der Waals surface area contributed by atoms with Gasteiger partial charge in [-0.25, -0.2) is 0 Å². The van der Waals surface area contributed by atoms with E-state index in [0.29, 0.717) is 35.6 Å². The van der Waals surface area contributed by atoms with Crippen molar-refractivity contribution < 1.29 is 14.2 Å². The van der Waals surface area contributed by atoms with Crippen molar-refractivity contribution in [2.45, 2.75) is 18.8 Å². The van der Waals surface area contributed by atoms with Crippen LogP contribution in [0.5, 0.6) is 17.2 Å². The molecule has 4 nitrogen and oxygen atoms in total. The van der Waals surface area contributed by atoms with Gasteiger partial charge in [-0.2, -0.15) is 0 Å². The fourth-order valence-corrected chi connectivity index (χ4v) is 2.41. The maximum atomic E-state index is 5.89. The second kappa shape index (κ2) is 5.48. The van der Waals surface area contributed by atoms with Gasteiger partial charge in [-0.3, -0.25) is 0 Å². The van der Waals surface area contributed by atoms with Crippen LogP contribution in [0.4, 0.5) is 0 Å². The Bertz CT molecular complexity index is 390. The number of ether oxygens (including phenoxy) is 3. The Balaban J connectivity index is 2.41. The zero-order valence-electron chi connectivity index (χ0n) is 11.2. The van der Waals surface area contributed by atoms with Crippen LogP contribution in [0.3, 0.4) is 0 Å². The lowest BCUT2D eigenvalue weighted by molar-refractivity contribution is 0.323. The number of benzene rings is 1. The van der Waals surface area contributed by atoms with Crippen LogP contribution < -0.4 is 19.9 Å². The lowest BCUT2D eigenvalue weighted by Crippen LogP contribution is -2.14. The quantitative estimate of drug-likeness (QED) is 0.841. The van der Waals surface area contributed by atoms with Gasteiger partial charge in [-0.05, 0) is 48.9 Å². The molecule has 1 aromatic rings. The van der Waals surface area contributed by atoms with Crippen molar-refractivity contribution in [2.24, 2.45) is 11.7 Å². The van der Waals surface area contributed by atoms with Crippen molar-refractivity contribution in [3.8, 4) is 17.2 Å². The first-order valence-corrected chi connectivity index (χ1v) is 6.25. The van der Waals surface area contributed by atoms with E-state index < -0.39 is 0 Å². The van der Waals surface area contributed by atoms with Crippen LogP contribution in [0.2, 0.25) is 0 Å². The standard InChI is InChI=1S/C14H21NO3/c1-16-12-6-10(11(8-15)9-4-5-9)7-13(17-2)14(12)18-3/h6-7,9,11H,4-5,8,15H2,1-3H3. The van der Waals surface area contributed by atoms with Crippen LogP contribution in [0, 0.1) is 5.92 Å². The fourth-order valence-electron chi connectivity index (χ4n) is 2.41. The van der Waals surface area contributed by atoms with Crippen molar-refractivity contribution in [3.63, 3.8) is 0 Å². The summed E-state index contributed by atoms with van der Waals surface area (Å²) >= 11 is 0. The molecule has 0 aliphatic heterocycles. The van der Waals surface area contributed by atoms with Crippen molar-refractivity contribution in [1.29, 1.82) is 0 Å². The molecule has 0 amide bonds. The molecule has 2 rings (SSSR count). The van der Waals surface area contributed by atoms with Crippen LogP contribution in [-0.2, 0) is 0 Å². The monoisotopic (exact) mass is 251 g/mol. The van der Waals surface area contributed by atoms with Gasteiger partial charge < -0.3 is 19.9 Å². The van der Waals surface area contributed by atoms with E-state index in [1.165, 1.54) is 18.4 Å². The molecule has 1 unspecified atom stereocenters. The minimum Gasteiger partial charge on any atom is -0.493 e. The topological polar surface area (TPSA) is 53.7 Å². The predicted molar refractivity (Wildman–Crippen MR) is 70.6 cm³/mol. The van der Waals surface area contributed by atoms with Gasteiger partial charge >= 0.3 is 0 Å². The smallest absolute Gasteiger partial charge is 0.203 e. The molecule has 1 aromatic carbocycles. The van der Waals surface area contributed by atoms with E-state index in [1.807, 2.05) is 12.1 Å². The zero-order valence-corrected chi connectivity index (χ0v) is 11.2. The third-order valence-corrected chi connectivity index (χ3v) is 3.56. The van der Waals surface area contributed by atoms with Gasteiger partial charge in [0, 0.05) is 0 Å². The Labute approximate surface area is 108 Å². The first-order valence-electron chi connectivity index (χ1n) is 6.25. The third kappa shape index (κ3) is 2.38. The number of hydrogen-bond acceptors (Lipinski definition) is 4. The molecule has 100 valence electrons. The molecule has 18 heavy (non-hydrogen) atoms. The lowest BCUT2D eigenvalue weighted by Gasteiger charge is -2.19. The van der Waals surface area contributed by atoms with Crippen molar-refractivity contribution in [2.75, 3.05) is 27.9 Å². The van der Waals surface area contributed by atoms with Gasteiger partial charge in [-0.1, -0.05) is 0 Å². The molecule has 1 atom stereocenters. The first-order chi connectivity index (χ1) is 8.74. The molecule has 0 saturated heterocycles. The van der Waals surface area contributed by atoms with Gasteiger partial charge in [0.25, 0.3) is 0 Å². The van der Waals surface area contributed by atoms with E-state index in [9.17, 15) is 0 Å². The Morgan fingerprint density at radius 1 is 1.11 bits per heavy atom. The second-order valence-electron chi connectivity index (χ2n) is 4.64. The Morgan fingerprint density at radius 2 is 1.67 bits per heavy atom. The third-order valence-electron chi connectivity index (χ3n) is 3.56. The molecular formula is C14H21NO3. The van der Waals surface area contributed by atoms with Crippen LogP contribution >= 0.6 is 0 Å². The average Bonchev–Trinajstić information content (AvgIpc) is 3.22. The molecule has 0 aromatic heterocycles. The van der Waals surface area contributed by atoms with Crippen LogP contribution in [0.15, 0.2) is 12.1 Å². The SMILES string of the molecule is COc1cc(C(CN)C2CC2)cc(OC)c1OC. The number of nitrogens with two attached hydrogens (primary N) is 1. The van der Waals surface area contributed by atoms with Crippen molar-refractivity contribution >= 4 is 0 Å². The molecule has 1 aliphatic rings. The summed E-state index contributed by atoms with van der Waals surface area (Å²) in [5.74, 6) is 3.13. The van der Waals surface area contributed by atoms with Crippen LogP contribution in [0.1, 0.15) is 24.3 Å². The highest BCUT2D eigenvalue weighted by Gasteiger charge is 2.32. The largest absolute Gasteiger partial charge is 0.493 e. The summed E-state index contributed by atoms with van der Waals surface area (Å²) in [6.45, 7) is 0.656. The van der Waals surface area contributed by atoms with E-state index in [0.717, 1.165) is 0 Å². The fraction of sp³-hybridized carbons (Fsp3) is 0.571. The van der Waals surface area contributed by atoms with Crippen LogP contribution in [-0.4, -0.2) is 27.9 Å². The molecule has 1 saturated carbocycles. The first kappa shape index (κ1) is 13.0. The molecular weight excluding hydrogens is 230 g/mol. The molecule has 0 radical (unpaired) electrons. The average molecular weight is 251 g/mol. The Hall–Kier alpha value is -1.42. The molecule has 0 bridgehead atoms. The van der Waals surface area contributed by atoms with E-state index >= 15 is 0 Å². The highest BCUT2D eigenvalue weighted by molar-refractivity contribution is 5.54. The summed E-state index contributed by atoms with van der Waals surface area (Å²) in [7, 11) is 4.88. The van der Waals surface area contributed by atoms with Crippen LogP contribution in [0.25, 0.3) is 0 Å². The summed E-state index contributed by atoms with van der Waals surface area (Å²) in [5, 5.41) is 0. The number of rotatable bonds is 6. The maximum absolute atomic E-state index is 5.89. The second-order valence-corrected chi connectivity index (χ2v) is 4.64. The minimum atomic E-state index is 0.388. The van der Waals surface area contributed by atoms with E-state index in [1.54, 1.807) is 21.3 Å². The van der Waals surface area contributed by atoms with Gasteiger partial charge in [0.1, 0.15) is 0 Å². The van der Waals surface area contributed by atoms with Gasteiger partial charge in [0.15, 0.2) is 11.5 Å². The highest BCUT2D eigenvalue weighted by Crippen LogP contribution is 2.46. The molecule has 4 heteroatoms.